The predicted molar refractivity (Wildman–Crippen MR) is 173 cm³/mol. The van der Waals surface area contributed by atoms with Gasteiger partial charge in [-0.05, 0) is 76.5 Å². The monoisotopic (exact) mass is 528 g/mol. The van der Waals surface area contributed by atoms with Crippen molar-refractivity contribution in [2.24, 2.45) is 0 Å². The summed E-state index contributed by atoms with van der Waals surface area (Å²) in [5.41, 5.74) is -1.13. The second-order valence-corrected chi connectivity index (χ2v) is 8.83. The largest absolute Gasteiger partial charge is 0.0629 e. The normalized spacial score (nSPS) is 19.2. The van der Waals surface area contributed by atoms with E-state index >= 15 is 0 Å². The third-order valence-electron chi connectivity index (χ3n) is 6.71. The number of hydrogen-bond donors (Lipinski definition) is 0. The summed E-state index contributed by atoms with van der Waals surface area (Å²) in [5, 5.41) is -3.07. The molecule has 0 radical (unpaired) electrons. The molecular weight excluding hydrogens is 480 g/mol. The van der Waals surface area contributed by atoms with Crippen LogP contribution in [0.15, 0.2) is 157 Å². The lowest BCUT2D eigenvalue weighted by atomic mass is 9.84. The first-order valence-electron chi connectivity index (χ1n) is 23.1. The van der Waals surface area contributed by atoms with Gasteiger partial charge in [0.1, 0.15) is 0 Å². The highest BCUT2D eigenvalue weighted by atomic mass is 14.2. The molecule has 0 aliphatic rings. The van der Waals surface area contributed by atoms with Crippen molar-refractivity contribution in [3.05, 3.63) is 157 Å². The number of rotatable bonds is 3. The van der Waals surface area contributed by atoms with Crippen LogP contribution < -0.4 is 0 Å². The van der Waals surface area contributed by atoms with E-state index in [0.717, 1.165) is 0 Å². The zero-order valence-electron chi connectivity index (χ0n) is 42.3. The molecule has 0 nitrogen and oxygen atoms in total. The fourth-order valence-corrected chi connectivity index (χ4v) is 5.00. The van der Waals surface area contributed by atoms with Crippen molar-refractivity contribution >= 4 is 43.1 Å². The van der Waals surface area contributed by atoms with Gasteiger partial charge < -0.3 is 0 Å². The van der Waals surface area contributed by atoms with Gasteiger partial charge in [-0.15, -0.1) is 0 Å². The molecule has 0 heterocycles. The maximum absolute atomic E-state index is 9.28. The lowest BCUT2D eigenvalue weighted by molar-refractivity contribution is 1.63. The van der Waals surface area contributed by atoms with Crippen molar-refractivity contribution in [2.45, 2.75) is 0 Å². The van der Waals surface area contributed by atoms with Crippen LogP contribution in [-0.2, 0) is 0 Å². The van der Waals surface area contributed by atoms with Gasteiger partial charge >= 0.3 is 0 Å². The number of hydrogen-bond acceptors (Lipinski definition) is 0. The number of benzene rings is 8. The summed E-state index contributed by atoms with van der Waals surface area (Å²) < 4.78 is 193. The molecule has 0 fully saturated rings. The molecule has 0 heteroatoms. The van der Waals surface area contributed by atoms with Crippen LogP contribution >= 0.6 is 0 Å². The molecule has 0 bridgehead atoms. The Morgan fingerprint density at radius 1 is 0.300 bits per heavy atom. The van der Waals surface area contributed by atoms with Crippen molar-refractivity contribution < 1.29 is 30.2 Å². The molecule has 8 aromatic carbocycles. The summed E-state index contributed by atoms with van der Waals surface area (Å²) in [5.74, 6) is 0. The minimum absolute atomic E-state index is 0.0619. The Hall–Kier alpha value is -5.20. The predicted octanol–water partition coefficient (Wildman–Crippen LogP) is 11.3. The molecule has 0 saturated heterocycles. The summed E-state index contributed by atoms with van der Waals surface area (Å²) in [6.45, 7) is 0. The second-order valence-electron chi connectivity index (χ2n) is 8.83. The van der Waals surface area contributed by atoms with Crippen molar-refractivity contribution in [1.29, 1.82) is 0 Å². The van der Waals surface area contributed by atoms with E-state index in [1.54, 1.807) is 0 Å². The van der Waals surface area contributed by atoms with Gasteiger partial charge in [0.25, 0.3) is 0 Å². The average molecular weight is 529 g/mol. The van der Waals surface area contributed by atoms with E-state index in [1.807, 2.05) is 0 Å². The molecule has 0 aromatic heterocycles. The van der Waals surface area contributed by atoms with E-state index < -0.39 is 166 Å². The zero-order valence-corrected chi connectivity index (χ0v) is 20.3. The van der Waals surface area contributed by atoms with E-state index in [2.05, 4.69) is 0 Å². The maximum Gasteiger partial charge on any atom is 0.0629 e. The maximum atomic E-state index is 9.28. The molecule has 0 aliphatic heterocycles. The summed E-state index contributed by atoms with van der Waals surface area (Å²) in [6, 6.07) is -10.3. The van der Waals surface area contributed by atoms with Crippen molar-refractivity contribution in [3.63, 3.8) is 0 Å². The third-order valence-corrected chi connectivity index (χ3v) is 6.71. The Morgan fingerprint density at radius 2 is 0.675 bits per heavy atom. The fourth-order valence-electron chi connectivity index (χ4n) is 5.00. The van der Waals surface area contributed by atoms with Gasteiger partial charge in [0.2, 0.25) is 0 Å². The van der Waals surface area contributed by atoms with E-state index in [1.165, 1.54) is 24.3 Å². The lowest BCUT2D eigenvalue weighted by Crippen LogP contribution is -1.91. The van der Waals surface area contributed by atoms with E-state index in [4.69, 9.17) is 23.3 Å². The molecule has 186 valence electrons. The molecule has 0 aliphatic carbocycles. The van der Waals surface area contributed by atoms with Crippen LogP contribution in [0.25, 0.3) is 76.5 Å². The molecule has 0 amide bonds. The first kappa shape index (κ1) is 9.77. The van der Waals surface area contributed by atoms with Crippen LogP contribution in [0.2, 0.25) is 0 Å². The molecule has 40 heavy (non-hydrogen) atoms. The van der Waals surface area contributed by atoms with E-state index in [0.29, 0.717) is 0 Å². The minimum Gasteiger partial charge on any atom is -0.0616 e. The Kier molecular flexibility index (Phi) is 2.25. The summed E-state index contributed by atoms with van der Waals surface area (Å²) in [6.07, 6.45) is 0. The van der Waals surface area contributed by atoms with Gasteiger partial charge in [0, 0.05) is 0 Å². The lowest BCUT2D eigenvalue weighted by Gasteiger charge is -2.19. The van der Waals surface area contributed by atoms with Crippen LogP contribution in [0.5, 0.6) is 0 Å². The molecule has 0 atom stereocenters. The molecule has 0 saturated carbocycles. The Labute approximate surface area is 264 Å². The quantitative estimate of drug-likeness (QED) is 0.200. The van der Waals surface area contributed by atoms with Gasteiger partial charge in [0.15, 0.2) is 0 Å². The van der Waals surface area contributed by atoms with Crippen LogP contribution in [-0.4, -0.2) is 0 Å². The highest BCUT2D eigenvalue weighted by Gasteiger charge is 2.17. The SMILES string of the molecule is [2H]c1c([2H])c([2H])c2c(-c3ccc(-c4c5c([2H])c([2H])c([2H])c([2H])c5c(-c5c([2H])c([2H])c([2H])c6c([2H])c([2H])c([2H])c([2H])c56)c5c([2H])c([2H])c([2H])c([2H])c45)cc3)c([2H])c([2H])c([2H])c2c1[2H]. The summed E-state index contributed by atoms with van der Waals surface area (Å²) in [4.78, 5) is 0. The average Bonchev–Trinajstić information content (AvgIpc) is 3.25. The van der Waals surface area contributed by atoms with Gasteiger partial charge in [0.05, 0.1) is 30.2 Å². The Balaban J connectivity index is 1.61. The topological polar surface area (TPSA) is 0 Å². The smallest absolute Gasteiger partial charge is 0.0616 e. The number of fused-ring (bicyclic) bond motifs is 4. The van der Waals surface area contributed by atoms with Gasteiger partial charge in [-0.2, -0.15) is 0 Å². The van der Waals surface area contributed by atoms with Crippen molar-refractivity contribution in [1.82, 2.24) is 0 Å². The minimum atomic E-state index is -0.833. The Morgan fingerprint density at radius 3 is 1.23 bits per heavy atom. The summed E-state index contributed by atoms with van der Waals surface area (Å²) in [7, 11) is 0. The Bertz CT molecular complexity index is 3310. The highest BCUT2D eigenvalue weighted by Crippen LogP contribution is 2.45. The standard InChI is InChI=1S/C40H26/c1-3-15-31-27(11-1)13-9-21-32(31)29-23-25-30(26-24-29)39-35-17-5-7-19-37(35)40(38-20-8-6-18-36(38)39)34-22-10-14-28-12-2-4-16-33(28)34/h1-26H/i1D,2D,3D,4D,5D,6D,7D,8D,9D,10D,11D,12D,13D,14D,15D,16D,17D,18D,19D,20D,21D,22D. The molecule has 8 aromatic rings. The first-order chi connectivity index (χ1) is 29.0. The fraction of sp³-hybridized carbons (Fsp3) is 0. The van der Waals surface area contributed by atoms with Crippen molar-refractivity contribution in [2.75, 3.05) is 0 Å². The van der Waals surface area contributed by atoms with Crippen molar-refractivity contribution in [3.8, 4) is 33.4 Å². The van der Waals surface area contributed by atoms with Crippen LogP contribution in [0, 0.1) is 0 Å². The first-order valence-corrected chi connectivity index (χ1v) is 12.1. The molecule has 0 unspecified atom stereocenters. The van der Waals surface area contributed by atoms with Crippen LogP contribution in [0.3, 0.4) is 0 Å². The van der Waals surface area contributed by atoms with Crippen LogP contribution in [0.4, 0.5) is 0 Å². The highest BCUT2D eigenvalue weighted by molar-refractivity contribution is 6.23. The van der Waals surface area contributed by atoms with E-state index in [-0.39, 0.29) is 43.8 Å². The molecule has 0 spiro atoms. The molecule has 0 N–H and O–H groups in total. The summed E-state index contributed by atoms with van der Waals surface area (Å²) >= 11 is 0. The van der Waals surface area contributed by atoms with Gasteiger partial charge in [-0.1, -0.05) is 157 Å². The second kappa shape index (κ2) is 9.22. The van der Waals surface area contributed by atoms with Crippen LogP contribution in [0.1, 0.15) is 30.2 Å². The zero-order chi connectivity index (χ0) is 45.6. The molecule has 8 rings (SSSR count). The van der Waals surface area contributed by atoms with E-state index in [9.17, 15) is 6.85 Å². The third kappa shape index (κ3) is 3.54. The van der Waals surface area contributed by atoms with Gasteiger partial charge in [-0.3, -0.25) is 0 Å². The van der Waals surface area contributed by atoms with Gasteiger partial charge in [-0.25, -0.2) is 0 Å². The molecular formula is C40H26.